The number of nitrogens with one attached hydrogen (secondary N) is 1. The molecule has 1 N–H and O–H groups in total. The second-order valence-electron chi connectivity index (χ2n) is 8.01. The predicted octanol–water partition coefficient (Wildman–Crippen LogP) is 4.32. The molecule has 2 aromatic heterocycles. The Morgan fingerprint density at radius 3 is 2.62 bits per heavy atom. The minimum Gasteiger partial charge on any atom is -0.485 e. The van der Waals surface area contributed by atoms with Crippen molar-refractivity contribution in [2.75, 3.05) is 32.6 Å². The van der Waals surface area contributed by atoms with Crippen LogP contribution in [0, 0.1) is 6.92 Å². The number of fused-ring (bicyclic) bond motifs is 1. The number of likely N-dealkylation sites (N-methyl/N-ethyl adjacent to an activating group) is 2. The Kier molecular flexibility index (Phi) is 8.46. The number of imidazole rings is 1. The van der Waals surface area contributed by atoms with E-state index in [0.29, 0.717) is 32.7 Å². The molecule has 11 heteroatoms. The maximum Gasteiger partial charge on any atom is 0.246 e. The van der Waals surface area contributed by atoms with Gasteiger partial charge in [0.2, 0.25) is 11.8 Å². The van der Waals surface area contributed by atoms with E-state index in [9.17, 15) is 9.59 Å². The summed E-state index contributed by atoms with van der Waals surface area (Å²) in [4.78, 5) is 32.5. The predicted molar refractivity (Wildman–Crippen MR) is 138 cm³/mol. The monoisotopic (exact) mass is 569 g/mol. The number of carbonyl (C=O) groups excluding carboxylic acids is 2. The summed E-state index contributed by atoms with van der Waals surface area (Å²) in [5.41, 5.74) is 2.49. The molecular formula is C23H26BrCl2N5O3. The van der Waals surface area contributed by atoms with Crippen molar-refractivity contribution in [1.82, 2.24) is 19.6 Å². The van der Waals surface area contributed by atoms with E-state index in [1.807, 2.05) is 29.7 Å². The van der Waals surface area contributed by atoms with Crippen LogP contribution >= 0.6 is 39.1 Å². The summed E-state index contributed by atoms with van der Waals surface area (Å²) in [7, 11) is 5.18. The average Bonchev–Trinajstić information content (AvgIpc) is 3.10. The van der Waals surface area contributed by atoms with Crippen LogP contribution < -0.4 is 15.0 Å². The van der Waals surface area contributed by atoms with Gasteiger partial charge in [0.15, 0.2) is 11.4 Å². The lowest BCUT2D eigenvalue weighted by Crippen LogP contribution is -2.45. The fourth-order valence-corrected chi connectivity index (χ4v) is 4.15. The van der Waals surface area contributed by atoms with Crippen LogP contribution in [-0.4, -0.2) is 59.8 Å². The van der Waals surface area contributed by atoms with Crippen LogP contribution in [0.1, 0.15) is 18.2 Å². The maximum absolute atomic E-state index is 12.7. The summed E-state index contributed by atoms with van der Waals surface area (Å²) >= 11 is 16.6. The molecule has 1 unspecified atom stereocenters. The second-order valence-corrected chi connectivity index (χ2v) is 9.55. The van der Waals surface area contributed by atoms with Crippen molar-refractivity contribution in [2.45, 2.75) is 26.5 Å². The molecule has 3 aromatic rings. The van der Waals surface area contributed by atoms with Crippen LogP contribution in [0.2, 0.25) is 10.0 Å². The molecule has 0 aliphatic rings. The number of benzene rings is 1. The molecule has 182 valence electrons. The first-order valence-corrected chi connectivity index (χ1v) is 12.0. The van der Waals surface area contributed by atoms with Gasteiger partial charge in [-0.2, -0.15) is 0 Å². The number of hydrogen-bond donors (Lipinski definition) is 1. The van der Waals surface area contributed by atoms with Crippen molar-refractivity contribution in [3.63, 3.8) is 0 Å². The zero-order chi connectivity index (χ0) is 25.2. The fraction of sp³-hybridized carbons (Fsp3) is 0.348. The number of ether oxygens (including phenoxy) is 1. The average molecular weight is 571 g/mol. The standard InChI is InChI=1S/C23H26BrCl2N5O3/c1-13-21(24)31-10-6-7-18(22(31)28-13)34-12-15-16(25)8-9-17(20(15)26)30(5)19(32)11-27-23(33)14(2)29(3)4/h6-10,14H,11-12H2,1-5H3,(H,27,33). The first kappa shape index (κ1) is 26.3. The van der Waals surface area contributed by atoms with Gasteiger partial charge in [0, 0.05) is 23.8 Å². The summed E-state index contributed by atoms with van der Waals surface area (Å²) in [6.07, 6.45) is 1.88. The van der Waals surface area contributed by atoms with E-state index >= 15 is 0 Å². The van der Waals surface area contributed by atoms with Gasteiger partial charge in [-0.1, -0.05) is 23.2 Å². The topological polar surface area (TPSA) is 79.2 Å². The summed E-state index contributed by atoms with van der Waals surface area (Å²) in [6.45, 7) is 3.58. The highest BCUT2D eigenvalue weighted by Gasteiger charge is 2.21. The minimum atomic E-state index is -0.357. The van der Waals surface area contributed by atoms with E-state index in [2.05, 4.69) is 26.2 Å². The van der Waals surface area contributed by atoms with Gasteiger partial charge in [0.05, 0.1) is 29.0 Å². The zero-order valence-corrected chi connectivity index (χ0v) is 22.6. The second kappa shape index (κ2) is 10.9. The lowest BCUT2D eigenvalue weighted by molar-refractivity contribution is -0.127. The number of aryl methyl sites for hydroxylation is 1. The van der Waals surface area contributed by atoms with Gasteiger partial charge < -0.3 is 15.0 Å². The highest BCUT2D eigenvalue weighted by atomic mass is 79.9. The molecule has 34 heavy (non-hydrogen) atoms. The number of hydrogen-bond acceptors (Lipinski definition) is 5. The van der Waals surface area contributed by atoms with E-state index in [1.54, 1.807) is 45.1 Å². The Labute approximate surface area is 216 Å². The van der Waals surface area contributed by atoms with E-state index in [0.717, 1.165) is 10.3 Å². The molecule has 0 fully saturated rings. The van der Waals surface area contributed by atoms with Gasteiger partial charge in [-0.05, 0) is 68.1 Å². The van der Waals surface area contributed by atoms with Crippen molar-refractivity contribution in [3.05, 3.63) is 56.4 Å². The van der Waals surface area contributed by atoms with Crippen LogP contribution in [0.15, 0.2) is 35.1 Å². The Morgan fingerprint density at radius 2 is 1.94 bits per heavy atom. The fourth-order valence-electron chi connectivity index (χ4n) is 3.16. The number of pyridine rings is 1. The molecule has 0 saturated carbocycles. The van der Waals surface area contributed by atoms with Gasteiger partial charge in [0.25, 0.3) is 0 Å². The van der Waals surface area contributed by atoms with Gasteiger partial charge >= 0.3 is 0 Å². The van der Waals surface area contributed by atoms with Crippen molar-refractivity contribution in [1.29, 1.82) is 0 Å². The van der Waals surface area contributed by atoms with E-state index < -0.39 is 0 Å². The van der Waals surface area contributed by atoms with Gasteiger partial charge in [-0.15, -0.1) is 0 Å². The van der Waals surface area contributed by atoms with Crippen LogP contribution in [0.25, 0.3) is 5.65 Å². The van der Waals surface area contributed by atoms with Gasteiger partial charge in [-0.25, -0.2) is 4.98 Å². The number of carbonyl (C=O) groups is 2. The van der Waals surface area contributed by atoms with E-state index in [1.165, 1.54) is 4.90 Å². The zero-order valence-electron chi connectivity index (χ0n) is 19.5. The lowest BCUT2D eigenvalue weighted by Gasteiger charge is -2.23. The normalized spacial score (nSPS) is 12.1. The number of halogens is 3. The van der Waals surface area contributed by atoms with Gasteiger partial charge in [0.1, 0.15) is 11.2 Å². The summed E-state index contributed by atoms with van der Waals surface area (Å²) < 4.78 is 8.74. The van der Waals surface area contributed by atoms with Gasteiger partial charge in [-0.3, -0.25) is 18.9 Å². The molecule has 2 heterocycles. The molecule has 8 nitrogen and oxygen atoms in total. The number of amides is 2. The smallest absolute Gasteiger partial charge is 0.246 e. The first-order valence-electron chi connectivity index (χ1n) is 10.5. The number of anilines is 1. The van der Waals surface area contributed by atoms with Crippen LogP contribution in [0.3, 0.4) is 0 Å². The molecular weight excluding hydrogens is 545 g/mol. The Morgan fingerprint density at radius 1 is 1.24 bits per heavy atom. The summed E-state index contributed by atoms with van der Waals surface area (Å²) in [5.74, 6) is 0.00644. The molecule has 1 aromatic carbocycles. The van der Waals surface area contributed by atoms with Crippen LogP contribution in [-0.2, 0) is 16.2 Å². The largest absolute Gasteiger partial charge is 0.485 e. The van der Waals surface area contributed by atoms with Crippen molar-refractivity contribution >= 4 is 62.3 Å². The third kappa shape index (κ3) is 5.49. The Bertz CT molecular complexity index is 1230. The first-order chi connectivity index (χ1) is 16.0. The summed E-state index contributed by atoms with van der Waals surface area (Å²) in [5, 5.41) is 3.36. The quantitative estimate of drug-likeness (QED) is 0.436. The third-order valence-electron chi connectivity index (χ3n) is 5.56. The van der Waals surface area contributed by atoms with E-state index in [4.69, 9.17) is 27.9 Å². The molecule has 0 spiro atoms. The lowest BCUT2D eigenvalue weighted by atomic mass is 10.2. The third-order valence-corrected chi connectivity index (χ3v) is 7.29. The highest BCUT2D eigenvalue weighted by Crippen LogP contribution is 2.35. The number of nitrogens with zero attached hydrogens (tertiary/aromatic N) is 4. The molecule has 0 radical (unpaired) electrons. The van der Waals surface area contributed by atoms with Crippen LogP contribution in [0.4, 0.5) is 5.69 Å². The SMILES string of the molecule is Cc1nc2c(OCc3c(Cl)ccc(N(C)C(=O)CNC(=O)C(C)N(C)C)c3Cl)cccn2c1Br. The number of aromatic nitrogens is 2. The summed E-state index contributed by atoms with van der Waals surface area (Å²) in [6, 6.07) is 6.63. The maximum atomic E-state index is 12.7. The molecule has 0 bridgehead atoms. The minimum absolute atomic E-state index is 0.0772. The van der Waals surface area contributed by atoms with Crippen molar-refractivity contribution < 1.29 is 14.3 Å². The Hall–Kier alpha value is -2.33. The Balaban J connectivity index is 1.76. The van der Waals surface area contributed by atoms with Crippen LogP contribution in [0.5, 0.6) is 5.75 Å². The molecule has 2 amide bonds. The van der Waals surface area contributed by atoms with Crippen molar-refractivity contribution in [2.24, 2.45) is 0 Å². The molecule has 0 saturated heterocycles. The molecule has 0 aliphatic carbocycles. The van der Waals surface area contributed by atoms with E-state index in [-0.39, 0.29) is 31.0 Å². The molecule has 1 atom stereocenters. The molecule has 3 rings (SSSR count). The highest BCUT2D eigenvalue weighted by molar-refractivity contribution is 9.10. The van der Waals surface area contributed by atoms with Crippen molar-refractivity contribution in [3.8, 4) is 5.75 Å². The molecule has 0 aliphatic heterocycles. The number of rotatable bonds is 8.